The van der Waals surface area contributed by atoms with Crippen LogP contribution in [0.1, 0.15) is 12.5 Å². The number of halogens is 3. The molecule has 0 aromatic heterocycles. The van der Waals surface area contributed by atoms with Crippen molar-refractivity contribution in [2.24, 2.45) is 0 Å². The molecule has 14 heteroatoms. The number of anilines is 1. The highest BCUT2D eigenvalue weighted by molar-refractivity contribution is 7.89. The summed E-state index contributed by atoms with van der Waals surface area (Å²) in [7, 11) is -6.71. The zero-order valence-corrected chi connectivity index (χ0v) is 22.8. The number of likely N-dealkylation sites (N-methyl/N-ethyl adjacent to an activating group) is 1. The van der Waals surface area contributed by atoms with Crippen molar-refractivity contribution in [3.63, 3.8) is 0 Å². The molecule has 0 unspecified atom stereocenters. The van der Waals surface area contributed by atoms with Crippen LogP contribution in [0.5, 0.6) is 5.75 Å². The molecule has 4 rings (SSSR count). The lowest BCUT2D eigenvalue weighted by atomic mass is 10.2. The standard InChI is InChI=1S/C24H31F3N4O5S2/c1-3-28-10-14-30(15-11-28)37(32,33)19-8-9-22(36-2)21(18-19)29-12-16-31(17-13-29)38(34,35)23-7-5-4-6-20(23)24(25,26)27/h4-9,18H,3,10-17H2,1-2H3. The van der Waals surface area contributed by atoms with Crippen LogP contribution in [0.15, 0.2) is 52.3 Å². The first-order chi connectivity index (χ1) is 17.9. The van der Waals surface area contributed by atoms with Crippen molar-refractivity contribution in [3.05, 3.63) is 48.0 Å². The molecule has 0 amide bonds. The summed E-state index contributed by atoms with van der Waals surface area (Å²) in [6, 6.07) is 8.69. The minimum Gasteiger partial charge on any atom is -0.495 e. The number of rotatable bonds is 7. The molecule has 0 spiro atoms. The molecule has 0 atom stereocenters. The maximum atomic E-state index is 13.5. The number of ether oxygens (including phenoxy) is 1. The SMILES string of the molecule is CCN1CCN(S(=O)(=O)c2ccc(OC)c(N3CCN(S(=O)(=O)c4ccccc4C(F)(F)F)CC3)c2)CC1. The van der Waals surface area contributed by atoms with E-state index in [9.17, 15) is 30.0 Å². The monoisotopic (exact) mass is 576 g/mol. The molecule has 2 aromatic carbocycles. The van der Waals surface area contributed by atoms with E-state index in [1.165, 1.54) is 29.6 Å². The van der Waals surface area contributed by atoms with Gasteiger partial charge in [-0.05, 0) is 36.9 Å². The normalized spacial score (nSPS) is 19.0. The van der Waals surface area contributed by atoms with Gasteiger partial charge in [-0.2, -0.15) is 21.8 Å². The minimum atomic E-state index is -4.81. The fourth-order valence-corrected chi connectivity index (χ4v) is 7.82. The molecule has 0 radical (unpaired) electrons. The molecule has 0 aliphatic carbocycles. The lowest BCUT2D eigenvalue weighted by molar-refractivity contribution is -0.139. The van der Waals surface area contributed by atoms with E-state index in [4.69, 9.17) is 4.74 Å². The van der Waals surface area contributed by atoms with Crippen molar-refractivity contribution in [1.82, 2.24) is 13.5 Å². The maximum absolute atomic E-state index is 13.5. The number of hydrogen-bond donors (Lipinski definition) is 0. The highest BCUT2D eigenvalue weighted by Gasteiger charge is 2.40. The van der Waals surface area contributed by atoms with Gasteiger partial charge < -0.3 is 14.5 Å². The molecule has 0 saturated carbocycles. The molecular formula is C24H31F3N4O5S2. The fourth-order valence-electron chi connectivity index (χ4n) is 4.75. The van der Waals surface area contributed by atoms with Gasteiger partial charge in [0.15, 0.2) is 0 Å². The van der Waals surface area contributed by atoms with Crippen LogP contribution < -0.4 is 9.64 Å². The fraction of sp³-hybridized carbons (Fsp3) is 0.500. The molecule has 2 aromatic rings. The second-order valence-corrected chi connectivity index (χ2v) is 12.9. The van der Waals surface area contributed by atoms with E-state index in [2.05, 4.69) is 4.90 Å². The van der Waals surface area contributed by atoms with Crippen molar-refractivity contribution in [3.8, 4) is 5.75 Å². The Hall–Kier alpha value is -2.39. The number of benzene rings is 2. The summed E-state index contributed by atoms with van der Waals surface area (Å²) in [6.45, 7) is 5.07. The molecule has 0 bridgehead atoms. The van der Waals surface area contributed by atoms with Crippen LogP contribution in [0.3, 0.4) is 0 Å². The van der Waals surface area contributed by atoms with Crippen LogP contribution >= 0.6 is 0 Å². The summed E-state index contributed by atoms with van der Waals surface area (Å²) in [5.74, 6) is 0.415. The first-order valence-corrected chi connectivity index (χ1v) is 15.1. The van der Waals surface area contributed by atoms with Crippen LogP contribution in [-0.4, -0.2) is 96.4 Å². The first kappa shape index (κ1) is 28.6. The van der Waals surface area contributed by atoms with Crippen molar-refractivity contribution >= 4 is 25.7 Å². The Labute approximate surface area is 221 Å². The van der Waals surface area contributed by atoms with Gasteiger partial charge in [0.2, 0.25) is 20.0 Å². The molecule has 38 heavy (non-hydrogen) atoms. The molecule has 2 heterocycles. The zero-order valence-electron chi connectivity index (χ0n) is 21.2. The predicted octanol–water partition coefficient (Wildman–Crippen LogP) is 2.55. The lowest BCUT2D eigenvalue weighted by Crippen LogP contribution is -2.49. The molecule has 2 saturated heterocycles. The zero-order chi connectivity index (χ0) is 27.7. The van der Waals surface area contributed by atoms with Gasteiger partial charge in [0.05, 0.1) is 28.2 Å². The highest BCUT2D eigenvalue weighted by atomic mass is 32.2. The predicted molar refractivity (Wildman–Crippen MR) is 136 cm³/mol. The van der Waals surface area contributed by atoms with Gasteiger partial charge >= 0.3 is 6.18 Å². The van der Waals surface area contributed by atoms with E-state index in [1.54, 1.807) is 11.0 Å². The topological polar surface area (TPSA) is 90.5 Å². The average molecular weight is 577 g/mol. The summed E-state index contributed by atoms with van der Waals surface area (Å²) in [6.07, 6.45) is -4.81. The second-order valence-electron chi connectivity index (χ2n) is 9.06. The van der Waals surface area contributed by atoms with Gasteiger partial charge in [-0.1, -0.05) is 19.1 Å². The van der Waals surface area contributed by atoms with E-state index >= 15 is 0 Å². The number of methoxy groups -OCH3 is 1. The highest BCUT2D eigenvalue weighted by Crippen LogP contribution is 2.37. The van der Waals surface area contributed by atoms with Crippen molar-refractivity contribution in [2.75, 3.05) is 70.9 Å². The molecule has 210 valence electrons. The third-order valence-corrected chi connectivity index (χ3v) is 10.8. The molecular weight excluding hydrogens is 545 g/mol. The number of piperazine rings is 2. The van der Waals surface area contributed by atoms with E-state index in [0.717, 1.165) is 29.0 Å². The molecule has 2 fully saturated rings. The Bertz CT molecular complexity index is 1350. The van der Waals surface area contributed by atoms with Crippen molar-refractivity contribution in [2.45, 2.75) is 22.9 Å². The van der Waals surface area contributed by atoms with Crippen LogP contribution in [0.4, 0.5) is 18.9 Å². The van der Waals surface area contributed by atoms with Crippen molar-refractivity contribution in [1.29, 1.82) is 0 Å². The van der Waals surface area contributed by atoms with E-state index in [0.29, 0.717) is 37.6 Å². The minimum absolute atomic E-state index is 0.0758. The first-order valence-electron chi connectivity index (χ1n) is 12.2. The summed E-state index contributed by atoms with van der Waals surface area (Å²) < 4.78 is 101. The Morgan fingerprint density at radius 1 is 0.816 bits per heavy atom. The van der Waals surface area contributed by atoms with Gasteiger partial charge in [0.1, 0.15) is 5.75 Å². The number of hydrogen-bond acceptors (Lipinski definition) is 7. The van der Waals surface area contributed by atoms with Crippen molar-refractivity contribution < 1.29 is 34.7 Å². The van der Waals surface area contributed by atoms with Gasteiger partial charge in [-0.15, -0.1) is 0 Å². The van der Waals surface area contributed by atoms with Gasteiger partial charge in [0, 0.05) is 52.4 Å². The Morgan fingerprint density at radius 2 is 1.39 bits per heavy atom. The number of sulfonamides is 2. The number of alkyl halides is 3. The maximum Gasteiger partial charge on any atom is 0.417 e. The quantitative estimate of drug-likeness (QED) is 0.501. The summed E-state index contributed by atoms with van der Waals surface area (Å²) in [4.78, 5) is 3.28. The van der Waals surface area contributed by atoms with Gasteiger partial charge in [0.25, 0.3) is 0 Å². The van der Waals surface area contributed by atoms with Crippen LogP contribution in [0.25, 0.3) is 0 Å². The second kappa shape index (κ2) is 11.0. The number of nitrogens with zero attached hydrogens (tertiary/aromatic N) is 4. The summed E-state index contributed by atoms with van der Waals surface area (Å²) >= 11 is 0. The van der Waals surface area contributed by atoms with Gasteiger partial charge in [-0.3, -0.25) is 0 Å². The van der Waals surface area contributed by atoms with Crippen LogP contribution in [0.2, 0.25) is 0 Å². The molecule has 0 N–H and O–H groups in total. The Morgan fingerprint density at radius 3 is 1.97 bits per heavy atom. The lowest BCUT2D eigenvalue weighted by Gasteiger charge is -2.36. The summed E-state index contributed by atoms with van der Waals surface area (Å²) in [5.41, 5.74) is -0.727. The van der Waals surface area contributed by atoms with Gasteiger partial charge in [-0.25, -0.2) is 16.8 Å². The third-order valence-electron chi connectivity index (χ3n) is 6.96. The van der Waals surface area contributed by atoms with E-state index in [-0.39, 0.29) is 31.1 Å². The van der Waals surface area contributed by atoms with E-state index < -0.39 is 36.7 Å². The smallest absolute Gasteiger partial charge is 0.417 e. The molecule has 2 aliphatic rings. The summed E-state index contributed by atoms with van der Waals surface area (Å²) in [5, 5.41) is 0. The third kappa shape index (κ3) is 5.64. The Balaban J connectivity index is 1.54. The largest absolute Gasteiger partial charge is 0.495 e. The van der Waals surface area contributed by atoms with E-state index in [1.807, 2.05) is 6.92 Å². The Kier molecular flexibility index (Phi) is 8.28. The van der Waals surface area contributed by atoms with Crippen LogP contribution in [0, 0.1) is 0 Å². The average Bonchev–Trinajstić information content (AvgIpc) is 2.92. The molecule has 2 aliphatic heterocycles. The molecule has 9 nitrogen and oxygen atoms in total. The van der Waals surface area contributed by atoms with Crippen LogP contribution in [-0.2, 0) is 26.2 Å².